The number of nitrogens with zero attached hydrogens (tertiary/aromatic N) is 3. The minimum absolute atomic E-state index is 0.00983. The van der Waals surface area contributed by atoms with Gasteiger partial charge >= 0.3 is 5.97 Å². The summed E-state index contributed by atoms with van der Waals surface area (Å²) in [6.07, 6.45) is 2.96. The summed E-state index contributed by atoms with van der Waals surface area (Å²) < 4.78 is 28.8. The van der Waals surface area contributed by atoms with Crippen molar-refractivity contribution in [1.29, 1.82) is 0 Å². The van der Waals surface area contributed by atoms with Crippen LogP contribution in [0.2, 0.25) is 0 Å². The van der Waals surface area contributed by atoms with Gasteiger partial charge in [-0.2, -0.15) is 0 Å². The van der Waals surface area contributed by atoms with E-state index in [4.69, 9.17) is 5.11 Å². The van der Waals surface area contributed by atoms with Gasteiger partial charge in [-0.1, -0.05) is 29.5 Å². The van der Waals surface area contributed by atoms with Crippen LogP contribution >= 0.6 is 0 Å². The highest BCUT2D eigenvalue weighted by atomic mass is 19.3. The molecule has 2 fully saturated rings. The van der Waals surface area contributed by atoms with Crippen molar-refractivity contribution in [2.75, 3.05) is 6.54 Å². The Hall–Kier alpha value is -2.88. The average molecular weight is 448 g/mol. The molecule has 0 radical (unpaired) electrons. The number of carbonyl (C=O) groups excluding carboxylic acids is 1. The molecule has 3 atom stereocenters. The van der Waals surface area contributed by atoms with Crippen LogP contribution in [0.25, 0.3) is 11.3 Å². The number of aliphatic carboxylic acids is 1. The number of benzene rings is 1. The Balaban J connectivity index is 1.28. The molecule has 10 heteroatoms. The third kappa shape index (κ3) is 4.64. The summed E-state index contributed by atoms with van der Waals surface area (Å²) in [6, 6.07) is 7.19. The van der Waals surface area contributed by atoms with E-state index in [-0.39, 0.29) is 31.3 Å². The summed E-state index contributed by atoms with van der Waals surface area (Å²) in [5, 5.41) is 29.8. The van der Waals surface area contributed by atoms with Crippen LogP contribution < -0.4 is 5.32 Å². The molecule has 172 valence electrons. The number of carbonyl (C=O) groups is 2. The topological polar surface area (TPSA) is 117 Å². The van der Waals surface area contributed by atoms with E-state index in [1.54, 1.807) is 16.8 Å². The average Bonchev–Trinajstić information content (AvgIpc) is 3.13. The van der Waals surface area contributed by atoms with E-state index in [1.165, 1.54) is 0 Å². The van der Waals surface area contributed by atoms with Crippen molar-refractivity contribution in [3.8, 4) is 11.3 Å². The second kappa shape index (κ2) is 8.57. The lowest BCUT2D eigenvalue weighted by Gasteiger charge is -2.14. The molecule has 0 aliphatic heterocycles. The van der Waals surface area contributed by atoms with Crippen LogP contribution in [0, 0.1) is 5.41 Å². The quantitative estimate of drug-likeness (QED) is 0.543. The van der Waals surface area contributed by atoms with E-state index < -0.39 is 36.3 Å². The van der Waals surface area contributed by atoms with Crippen molar-refractivity contribution in [1.82, 2.24) is 20.3 Å². The van der Waals surface area contributed by atoms with E-state index in [9.17, 15) is 23.5 Å². The molecule has 4 rings (SSSR count). The van der Waals surface area contributed by atoms with Gasteiger partial charge in [0.15, 0.2) is 0 Å². The molecule has 0 saturated heterocycles. The summed E-state index contributed by atoms with van der Waals surface area (Å²) in [5.41, 5.74) is 0.718. The molecule has 1 aromatic heterocycles. The molecule has 2 saturated carbocycles. The fourth-order valence-corrected chi connectivity index (χ4v) is 4.50. The fraction of sp³-hybridized carbons (Fsp3) is 0.545. The van der Waals surface area contributed by atoms with Gasteiger partial charge in [0, 0.05) is 18.5 Å². The lowest BCUT2D eigenvalue weighted by Crippen LogP contribution is -2.29. The SMILES string of the molecule is O=C(O)CC1(CCNC(=O)Cc2ccc(-c3cn([C@@H]4CCC[C@H]4O)nn3)cc2)CC1(F)F. The van der Waals surface area contributed by atoms with Gasteiger partial charge < -0.3 is 15.5 Å². The smallest absolute Gasteiger partial charge is 0.304 e. The van der Waals surface area contributed by atoms with E-state index in [2.05, 4.69) is 15.6 Å². The number of amides is 1. The van der Waals surface area contributed by atoms with Gasteiger partial charge in [0.1, 0.15) is 5.69 Å². The van der Waals surface area contributed by atoms with Gasteiger partial charge in [0.25, 0.3) is 5.92 Å². The van der Waals surface area contributed by atoms with Gasteiger partial charge in [-0.05, 0) is 31.2 Å². The first-order chi connectivity index (χ1) is 15.2. The molecule has 8 nitrogen and oxygen atoms in total. The zero-order chi connectivity index (χ0) is 22.9. The van der Waals surface area contributed by atoms with Crippen molar-refractivity contribution in [3.05, 3.63) is 36.0 Å². The van der Waals surface area contributed by atoms with Crippen LogP contribution in [0.1, 0.15) is 50.1 Å². The van der Waals surface area contributed by atoms with Crippen LogP contribution in [0.4, 0.5) is 8.78 Å². The van der Waals surface area contributed by atoms with Gasteiger partial charge in [-0.15, -0.1) is 5.10 Å². The Morgan fingerprint density at radius 2 is 1.94 bits per heavy atom. The van der Waals surface area contributed by atoms with Crippen LogP contribution in [0.15, 0.2) is 30.5 Å². The number of aliphatic hydroxyl groups excluding tert-OH is 1. The Labute approximate surface area is 183 Å². The second-order valence-electron chi connectivity index (χ2n) is 8.86. The molecule has 2 aliphatic carbocycles. The number of halogens is 2. The maximum Gasteiger partial charge on any atom is 0.304 e. The van der Waals surface area contributed by atoms with Crippen LogP contribution in [-0.4, -0.2) is 55.7 Å². The van der Waals surface area contributed by atoms with Crippen LogP contribution in [0.3, 0.4) is 0 Å². The van der Waals surface area contributed by atoms with Crippen molar-refractivity contribution in [2.45, 2.75) is 63.0 Å². The minimum Gasteiger partial charge on any atom is -0.481 e. The molecule has 2 aromatic rings. The first-order valence-electron chi connectivity index (χ1n) is 10.7. The third-order valence-corrected chi connectivity index (χ3v) is 6.54. The molecule has 1 amide bonds. The molecule has 1 unspecified atom stereocenters. The standard InChI is InChI=1S/C22H26F2N4O4/c23-22(24)13-21(22,11-20(31)32)8-9-25-19(30)10-14-4-6-15(7-5-14)16-12-28(27-26-16)17-2-1-3-18(17)29/h4-7,12,17-18,29H,1-3,8-11,13H2,(H,25,30)(H,31,32)/t17-,18-,21?/m1/s1. The van der Waals surface area contributed by atoms with E-state index in [1.807, 2.05) is 18.3 Å². The lowest BCUT2D eigenvalue weighted by molar-refractivity contribution is -0.139. The maximum atomic E-state index is 13.6. The van der Waals surface area contributed by atoms with Gasteiger partial charge in [-0.3, -0.25) is 9.59 Å². The molecule has 1 aromatic carbocycles. The lowest BCUT2D eigenvalue weighted by atomic mass is 9.97. The van der Waals surface area contributed by atoms with Crippen molar-refractivity contribution in [3.63, 3.8) is 0 Å². The monoisotopic (exact) mass is 448 g/mol. The number of aliphatic hydroxyl groups is 1. The molecule has 0 bridgehead atoms. The molecular formula is C22H26F2N4O4. The number of nitrogens with one attached hydrogen (secondary N) is 1. The first-order valence-corrected chi connectivity index (χ1v) is 10.7. The summed E-state index contributed by atoms with van der Waals surface area (Å²) in [5.74, 6) is -4.55. The fourth-order valence-electron chi connectivity index (χ4n) is 4.50. The van der Waals surface area contributed by atoms with E-state index in [0.717, 1.165) is 30.4 Å². The highest BCUT2D eigenvalue weighted by Gasteiger charge is 2.70. The van der Waals surface area contributed by atoms with Gasteiger partial charge in [0.05, 0.1) is 36.6 Å². The first kappa shape index (κ1) is 22.3. The second-order valence-corrected chi connectivity index (χ2v) is 8.86. The van der Waals surface area contributed by atoms with Crippen molar-refractivity contribution < 1.29 is 28.6 Å². The number of aromatic nitrogens is 3. The predicted molar refractivity (Wildman–Crippen MR) is 110 cm³/mol. The normalized spacial score (nSPS) is 26.1. The maximum absolute atomic E-state index is 13.6. The van der Waals surface area contributed by atoms with Crippen LogP contribution in [-0.2, 0) is 16.0 Å². The predicted octanol–water partition coefficient (Wildman–Crippen LogP) is 2.58. The zero-order valence-corrected chi connectivity index (χ0v) is 17.5. The van der Waals surface area contributed by atoms with E-state index in [0.29, 0.717) is 5.69 Å². The molecule has 3 N–H and O–H groups in total. The largest absolute Gasteiger partial charge is 0.481 e. The Kier molecular flexibility index (Phi) is 5.98. The Bertz CT molecular complexity index is 994. The molecular weight excluding hydrogens is 422 g/mol. The Morgan fingerprint density at radius 1 is 1.22 bits per heavy atom. The number of hydrogen-bond acceptors (Lipinski definition) is 5. The van der Waals surface area contributed by atoms with Crippen LogP contribution in [0.5, 0.6) is 0 Å². The van der Waals surface area contributed by atoms with Crippen molar-refractivity contribution in [2.24, 2.45) is 5.41 Å². The number of carboxylic acids is 1. The molecule has 1 heterocycles. The molecule has 0 spiro atoms. The Morgan fingerprint density at radius 3 is 2.53 bits per heavy atom. The third-order valence-electron chi connectivity index (χ3n) is 6.54. The number of rotatable bonds is 9. The van der Waals surface area contributed by atoms with Crippen molar-refractivity contribution >= 4 is 11.9 Å². The number of hydrogen-bond donors (Lipinski definition) is 3. The zero-order valence-electron chi connectivity index (χ0n) is 17.5. The summed E-state index contributed by atoms with van der Waals surface area (Å²) in [7, 11) is 0. The molecule has 32 heavy (non-hydrogen) atoms. The van der Waals surface area contributed by atoms with Gasteiger partial charge in [-0.25, -0.2) is 13.5 Å². The molecule has 2 aliphatic rings. The number of alkyl halides is 2. The summed E-state index contributed by atoms with van der Waals surface area (Å²) >= 11 is 0. The van der Waals surface area contributed by atoms with Gasteiger partial charge in [0.2, 0.25) is 5.91 Å². The number of carboxylic acid groups (broad SMARTS) is 1. The summed E-state index contributed by atoms with van der Waals surface area (Å²) in [4.78, 5) is 23.0. The van der Waals surface area contributed by atoms with E-state index >= 15 is 0 Å². The highest BCUT2D eigenvalue weighted by Crippen LogP contribution is 2.64. The summed E-state index contributed by atoms with van der Waals surface area (Å²) in [6.45, 7) is 0.00983. The minimum atomic E-state index is -2.98. The highest BCUT2D eigenvalue weighted by molar-refractivity contribution is 5.78.